The minimum Gasteiger partial charge on any atom is -0.493 e. The van der Waals surface area contributed by atoms with Crippen LogP contribution in [-0.2, 0) is 11.3 Å². The van der Waals surface area contributed by atoms with E-state index in [-0.39, 0.29) is 23.6 Å². The molecular weight excluding hydrogens is 376 g/mol. The van der Waals surface area contributed by atoms with Gasteiger partial charge in [-0.15, -0.1) is 11.8 Å². The molecule has 0 spiro atoms. The van der Waals surface area contributed by atoms with Crippen LogP contribution in [0.5, 0.6) is 17.2 Å². The van der Waals surface area contributed by atoms with Gasteiger partial charge in [0.15, 0.2) is 23.1 Å². The van der Waals surface area contributed by atoms with Crippen LogP contribution in [0, 0.1) is 11.6 Å². The Morgan fingerprint density at radius 3 is 2.41 bits per heavy atom. The Kier molecular flexibility index (Phi) is 5.74. The van der Waals surface area contributed by atoms with Crippen LogP contribution >= 0.6 is 11.8 Å². The molecule has 2 aromatic carbocycles. The second-order valence-corrected chi connectivity index (χ2v) is 6.93. The number of carbonyl (C=O) groups excluding carboxylic acids is 1. The summed E-state index contributed by atoms with van der Waals surface area (Å²) in [4.78, 5) is 14.0. The van der Waals surface area contributed by atoms with Gasteiger partial charge in [0.1, 0.15) is 5.37 Å². The summed E-state index contributed by atoms with van der Waals surface area (Å²) < 4.78 is 43.0. The van der Waals surface area contributed by atoms with Crippen molar-refractivity contribution in [1.29, 1.82) is 0 Å². The number of methoxy groups -OCH3 is 3. The molecule has 1 aliphatic rings. The number of carbonyl (C=O) groups is 1. The quantitative estimate of drug-likeness (QED) is 0.745. The molecule has 1 saturated heterocycles. The van der Waals surface area contributed by atoms with Crippen LogP contribution in [0.25, 0.3) is 0 Å². The third kappa shape index (κ3) is 3.66. The summed E-state index contributed by atoms with van der Waals surface area (Å²) in [5, 5.41) is -0.347. The number of benzene rings is 2. The van der Waals surface area contributed by atoms with Crippen molar-refractivity contribution in [3.8, 4) is 17.2 Å². The summed E-state index contributed by atoms with van der Waals surface area (Å²) in [5.41, 5.74) is 1.25. The molecule has 2 aromatic rings. The minimum absolute atomic E-state index is 0.0911. The number of thioether (sulfide) groups is 1. The number of rotatable bonds is 6. The van der Waals surface area contributed by atoms with E-state index >= 15 is 0 Å². The summed E-state index contributed by atoms with van der Waals surface area (Å²) in [6.07, 6.45) is 0. The molecule has 5 nitrogen and oxygen atoms in total. The predicted molar refractivity (Wildman–Crippen MR) is 98.2 cm³/mol. The molecule has 8 heteroatoms. The predicted octanol–water partition coefficient (Wildman–Crippen LogP) is 3.76. The third-order valence-corrected chi connectivity index (χ3v) is 5.54. The Bertz CT molecular complexity index is 862. The highest BCUT2D eigenvalue weighted by Crippen LogP contribution is 2.49. The molecule has 0 aromatic heterocycles. The monoisotopic (exact) mass is 395 g/mol. The van der Waals surface area contributed by atoms with Crippen LogP contribution in [0.1, 0.15) is 16.5 Å². The molecule has 0 saturated carbocycles. The molecule has 144 valence electrons. The van der Waals surface area contributed by atoms with E-state index in [0.717, 1.165) is 17.7 Å². The maximum absolute atomic E-state index is 13.5. The summed E-state index contributed by atoms with van der Waals surface area (Å²) in [7, 11) is 4.55. The van der Waals surface area contributed by atoms with Crippen molar-refractivity contribution in [1.82, 2.24) is 4.90 Å². The first-order chi connectivity index (χ1) is 13.0. The SMILES string of the molecule is COc1ccc(C2SCC(=O)N2Cc2ccc(F)c(F)c2)c(OC)c1OC. The molecule has 0 radical (unpaired) electrons. The van der Waals surface area contributed by atoms with Crippen LogP contribution < -0.4 is 14.2 Å². The zero-order valence-electron chi connectivity index (χ0n) is 15.1. The van der Waals surface area contributed by atoms with Crippen LogP contribution in [-0.4, -0.2) is 37.9 Å². The fraction of sp³-hybridized carbons (Fsp3) is 0.316. The van der Waals surface area contributed by atoms with Gasteiger partial charge >= 0.3 is 0 Å². The van der Waals surface area contributed by atoms with Gasteiger partial charge in [-0.05, 0) is 29.8 Å². The first-order valence-corrected chi connectivity index (χ1v) is 9.18. The first-order valence-electron chi connectivity index (χ1n) is 8.14. The van der Waals surface area contributed by atoms with E-state index < -0.39 is 11.6 Å². The fourth-order valence-electron chi connectivity index (χ4n) is 3.04. The number of ether oxygens (including phenoxy) is 3. The summed E-state index contributed by atoms with van der Waals surface area (Å²) >= 11 is 1.43. The number of halogens is 2. The van der Waals surface area contributed by atoms with Gasteiger partial charge in [0, 0.05) is 12.1 Å². The molecular formula is C19H19F2NO4S. The lowest BCUT2D eigenvalue weighted by Gasteiger charge is -2.26. The molecule has 1 unspecified atom stereocenters. The zero-order chi connectivity index (χ0) is 19.6. The van der Waals surface area contributed by atoms with Gasteiger partial charge < -0.3 is 19.1 Å². The Morgan fingerprint density at radius 1 is 1.04 bits per heavy atom. The normalized spacial score (nSPS) is 16.6. The number of nitrogens with zero attached hydrogens (tertiary/aromatic N) is 1. The third-order valence-electron chi connectivity index (χ3n) is 4.31. The van der Waals surface area contributed by atoms with Crippen molar-refractivity contribution < 1.29 is 27.8 Å². The van der Waals surface area contributed by atoms with E-state index in [1.807, 2.05) is 6.07 Å². The van der Waals surface area contributed by atoms with Gasteiger partial charge in [-0.2, -0.15) is 0 Å². The maximum atomic E-state index is 13.5. The lowest BCUT2D eigenvalue weighted by Crippen LogP contribution is -2.28. The lowest BCUT2D eigenvalue weighted by atomic mass is 10.1. The summed E-state index contributed by atoms with van der Waals surface area (Å²) in [6, 6.07) is 7.20. The molecule has 0 bridgehead atoms. The molecule has 1 amide bonds. The van der Waals surface area contributed by atoms with Crippen molar-refractivity contribution in [2.75, 3.05) is 27.1 Å². The van der Waals surface area contributed by atoms with E-state index in [1.165, 1.54) is 39.2 Å². The number of hydrogen-bond donors (Lipinski definition) is 0. The van der Waals surface area contributed by atoms with Gasteiger partial charge in [-0.1, -0.05) is 6.07 Å². The molecule has 1 heterocycles. The van der Waals surface area contributed by atoms with Crippen LogP contribution in [0.2, 0.25) is 0 Å². The Hall–Kier alpha value is -2.48. The highest BCUT2D eigenvalue weighted by atomic mass is 32.2. The van der Waals surface area contributed by atoms with Crippen LogP contribution in [0.4, 0.5) is 8.78 Å². The number of hydrogen-bond acceptors (Lipinski definition) is 5. The Labute approximate surface area is 160 Å². The van der Waals surface area contributed by atoms with E-state index in [1.54, 1.807) is 11.0 Å². The van der Waals surface area contributed by atoms with Gasteiger partial charge in [0.25, 0.3) is 0 Å². The molecule has 27 heavy (non-hydrogen) atoms. The number of amides is 1. The lowest BCUT2D eigenvalue weighted by molar-refractivity contribution is -0.128. The Balaban J connectivity index is 1.97. The summed E-state index contributed by atoms with van der Waals surface area (Å²) in [6.45, 7) is 0.158. The molecule has 0 aliphatic carbocycles. The van der Waals surface area contributed by atoms with Crippen LogP contribution in [0.3, 0.4) is 0 Å². The molecule has 3 rings (SSSR count). The average molecular weight is 395 g/mol. The molecule has 1 atom stereocenters. The summed E-state index contributed by atoms with van der Waals surface area (Å²) in [5.74, 6) is -0.243. The minimum atomic E-state index is -0.938. The second kappa shape index (κ2) is 8.04. The van der Waals surface area contributed by atoms with Crippen molar-refractivity contribution >= 4 is 17.7 Å². The fourth-order valence-corrected chi connectivity index (χ4v) is 4.24. The molecule has 0 N–H and O–H groups in total. The smallest absolute Gasteiger partial charge is 0.234 e. The molecule has 1 aliphatic heterocycles. The van der Waals surface area contributed by atoms with E-state index in [0.29, 0.717) is 22.8 Å². The van der Waals surface area contributed by atoms with Crippen molar-refractivity contribution in [2.45, 2.75) is 11.9 Å². The standard InChI is InChI=1S/C19H19F2NO4S/c1-24-15-7-5-12(17(25-2)18(15)26-3)19-22(16(23)10-27-19)9-11-4-6-13(20)14(21)8-11/h4-8,19H,9-10H2,1-3H3. The van der Waals surface area contributed by atoms with E-state index in [9.17, 15) is 13.6 Å². The highest BCUT2D eigenvalue weighted by molar-refractivity contribution is 8.00. The topological polar surface area (TPSA) is 48.0 Å². The van der Waals surface area contributed by atoms with E-state index in [2.05, 4.69) is 0 Å². The van der Waals surface area contributed by atoms with Crippen molar-refractivity contribution in [3.05, 3.63) is 53.1 Å². The van der Waals surface area contributed by atoms with Gasteiger partial charge in [0.2, 0.25) is 11.7 Å². The first kappa shape index (κ1) is 19.3. The maximum Gasteiger partial charge on any atom is 0.234 e. The van der Waals surface area contributed by atoms with Gasteiger partial charge in [0.05, 0.1) is 27.1 Å². The zero-order valence-corrected chi connectivity index (χ0v) is 15.9. The molecule has 1 fully saturated rings. The van der Waals surface area contributed by atoms with Crippen molar-refractivity contribution in [3.63, 3.8) is 0 Å². The van der Waals surface area contributed by atoms with Gasteiger partial charge in [-0.25, -0.2) is 8.78 Å². The van der Waals surface area contributed by atoms with Crippen molar-refractivity contribution in [2.24, 2.45) is 0 Å². The van der Waals surface area contributed by atoms with Crippen LogP contribution in [0.15, 0.2) is 30.3 Å². The average Bonchev–Trinajstić information content (AvgIpc) is 3.03. The largest absolute Gasteiger partial charge is 0.493 e. The second-order valence-electron chi connectivity index (χ2n) is 5.86. The highest BCUT2D eigenvalue weighted by Gasteiger charge is 2.36. The Morgan fingerprint density at radius 2 is 1.78 bits per heavy atom. The van der Waals surface area contributed by atoms with E-state index in [4.69, 9.17) is 14.2 Å². The van der Waals surface area contributed by atoms with Gasteiger partial charge in [-0.3, -0.25) is 4.79 Å².